The van der Waals surface area contributed by atoms with Crippen molar-refractivity contribution < 1.29 is 18.0 Å². The van der Waals surface area contributed by atoms with E-state index in [0.717, 1.165) is 38.1 Å². The van der Waals surface area contributed by atoms with Crippen LogP contribution in [0.1, 0.15) is 12.0 Å². The zero-order valence-electron chi connectivity index (χ0n) is 15.8. The summed E-state index contributed by atoms with van der Waals surface area (Å²) < 4.78 is 38.6. The quantitative estimate of drug-likeness (QED) is 0.745. The molecule has 1 aromatic heterocycles. The first kappa shape index (κ1) is 18.8. The van der Waals surface area contributed by atoms with Crippen molar-refractivity contribution in [1.82, 2.24) is 20.2 Å². The first-order valence-corrected chi connectivity index (χ1v) is 9.96. The SMILES string of the molecule is O=CCN1CC2C(N3CCC4NN=CC4C3)C1CN2c1ccc(C(F)(F)F)cn1. The number of hydrogen-bond acceptors (Lipinski definition) is 7. The standard InChI is InChI=1S/C19H23F3N6O/c20-19(21,22)13-1-2-17(23-8-13)28-11-15-18(16(28)10-26(15)5-6-29)27-4-3-14-12(9-27)7-24-25-14/h1-2,6-8,12,14-16,18,25H,3-5,9-11H2. The number of likely N-dealkylation sites (tertiary alicyclic amines) is 2. The van der Waals surface area contributed by atoms with Gasteiger partial charge in [0.15, 0.2) is 0 Å². The van der Waals surface area contributed by atoms with Crippen LogP contribution in [0.5, 0.6) is 0 Å². The van der Waals surface area contributed by atoms with E-state index < -0.39 is 11.7 Å². The van der Waals surface area contributed by atoms with Gasteiger partial charge in [-0.05, 0) is 18.6 Å². The van der Waals surface area contributed by atoms with Crippen molar-refractivity contribution in [2.45, 2.75) is 36.8 Å². The Bertz CT molecular complexity index is 800. The molecule has 0 radical (unpaired) electrons. The second-order valence-electron chi connectivity index (χ2n) is 8.26. The predicted molar refractivity (Wildman–Crippen MR) is 101 cm³/mol. The molecule has 0 saturated carbocycles. The number of nitrogens with zero attached hydrogens (tertiary/aromatic N) is 5. The maximum absolute atomic E-state index is 12.9. The van der Waals surface area contributed by atoms with Crippen LogP contribution in [-0.2, 0) is 11.0 Å². The molecule has 1 N–H and O–H groups in total. The summed E-state index contributed by atoms with van der Waals surface area (Å²) in [6.07, 6.45) is 0.433. The monoisotopic (exact) mass is 408 g/mol. The highest BCUT2D eigenvalue weighted by atomic mass is 19.4. The lowest BCUT2D eigenvalue weighted by molar-refractivity contribution is -0.137. The van der Waals surface area contributed by atoms with Gasteiger partial charge in [-0.2, -0.15) is 18.3 Å². The minimum Gasteiger partial charge on any atom is -0.349 e. The third-order valence-corrected chi connectivity index (χ3v) is 6.76. The molecule has 156 valence electrons. The van der Waals surface area contributed by atoms with Crippen LogP contribution in [0.3, 0.4) is 0 Å². The Hall–Kier alpha value is -2.20. The molecule has 1 aromatic rings. The van der Waals surface area contributed by atoms with Gasteiger partial charge in [-0.15, -0.1) is 0 Å². The highest BCUT2D eigenvalue weighted by molar-refractivity contribution is 5.64. The number of piperazine rings is 1. The van der Waals surface area contributed by atoms with Crippen LogP contribution in [0.4, 0.5) is 19.0 Å². The largest absolute Gasteiger partial charge is 0.417 e. The molecule has 29 heavy (non-hydrogen) atoms. The number of carbonyl (C=O) groups excluding carboxylic acids is 1. The van der Waals surface area contributed by atoms with Crippen molar-refractivity contribution in [2.24, 2.45) is 11.0 Å². The number of aromatic nitrogens is 1. The van der Waals surface area contributed by atoms with Gasteiger partial charge in [0.1, 0.15) is 12.1 Å². The summed E-state index contributed by atoms with van der Waals surface area (Å²) in [6, 6.07) is 3.45. The summed E-state index contributed by atoms with van der Waals surface area (Å²) in [7, 11) is 0. The smallest absolute Gasteiger partial charge is 0.349 e. The lowest BCUT2D eigenvalue weighted by atomic mass is 9.92. The fourth-order valence-electron chi connectivity index (χ4n) is 5.40. The maximum atomic E-state index is 12.9. The Labute approximate surface area is 166 Å². The van der Waals surface area contributed by atoms with E-state index >= 15 is 0 Å². The molecule has 7 nitrogen and oxygen atoms in total. The molecule has 10 heteroatoms. The number of rotatable bonds is 4. The minimum atomic E-state index is -4.39. The molecule has 0 amide bonds. The van der Waals surface area contributed by atoms with E-state index in [1.165, 1.54) is 6.07 Å². The summed E-state index contributed by atoms with van der Waals surface area (Å²) in [6.45, 7) is 3.61. The van der Waals surface area contributed by atoms with Gasteiger partial charge < -0.3 is 15.1 Å². The lowest BCUT2D eigenvalue weighted by Crippen LogP contribution is -2.54. The lowest BCUT2D eigenvalue weighted by Gasteiger charge is -2.39. The van der Waals surface area contributed by atoms with Crippen LogP contribution in [-0.4, -0.2) is 84.2 Å². The molecule has 5 rings (SSSR count). The van der Waals surface area contributed by atoms with E-state index in [9.17, 15) is 18.0 Å². The van der Waals surface area contributed by atoms with Gasteiger partial charge in [0.25, 0.3) is 0 Å². The number of hydrogen-bond donors (Lipinski definition) is 1. The summed E-state index contributed by atoms with van der Waals surface area (Å²) in [5, 5.41) is 4.21. The predicted octanol–water partition coefficient (Wildman–Crippen LogP) is 0.820. The maximum Gasteiger partial charge on any atom is 0.417 e. The molecule has 0 aliphatic carbocycles. The van der Waals surface area contributed by atoms with Crippen molar-refractivity contribution in [3.63, 3.8) is 0 Å². The molecule has 2 bridgehead atoms. The van der Waals surface area contributed by atoms with E-state index in [1.54, 1.807) is 0 Å². The molecule has 3 fully saturated rings. The fourth-order valence-corrected chi connectivity index (χ4v) is 5.40. The number of halogens is 3. The second kappa shape index (κ2) is 6.94. The van der Waals surface area contributed by atoms with E-state index in [4.69, 9.17) is 0 Å². The molecule has 5 atom stereocenters. The summed E-state index contributed by atoms with van der Waals surface area (Å²) in [5.74, 6) is 0.946. The van der Waals surface area contributed by atoms with Crippen molar-refractivity contribution >= 4 is 18.3 Å². The van der Waals surface area contributed by atoms with Gasteiger partial charge >= 0.3 is 6.18 Å². The van der Waals surface area contributed by atoms with Gasteiger partial charge in [-0.1, -0.05) is 0 Å². The van der Waals surface area contributed by atoms with Gasteiger partial charge in [0, 0.05) is 56.6 Å². The van der Waals surface area contributed by atoms with Gasteiger partial charge in [0.05, 0.1) is 24.2 Å². The van der Waals surface area contributed by atoms with Crippen LogP contribution >= 0.6 is 0 Å². The number of pyridine rings is 1. The number of anilines is 1. The minimum absolute atomic E-state index is 0.104. The third kappa shape index (κ3) is 3.18. The Morgan fingerprint density at radius 3 is 2.79 bits per heavy atom. The van der Waals surface area contributed by atoms with Crippen molar-refractivity contribution in [2.75, 3.05) is 37.6 Å². The molecule has 0 spiro atoms. The zero-order chi connectivity index (χ0) is 20.2. The number of alkyl halides is 3. The van der Waals surface area contributed by atoms with Crippen LogP contribution in [0.15, 0.2) is 23.4 Å². The average Bonchev–Trinajstić information content (AvgIpc) is 3.39. The normalized spacial score (nSPS) is 34.4. The number of carbonyl (C=O) groups is 1. The second-order valence-corrected chi connectivity index (χ2v) is 8.26. The molecular weight excluding hydrogens is 385 g/mol. The van der Waals surface area contributed by atoms with Gasteiger partial charge in [-0.3, -0.25) is 9.80 Å². The highest BCUT2D eigenvalue weighted by Gasteiger charge is 2.54. The average molecular weight is 408 g/mol. The van der Waals surface area contributed by atoms with Crippen molar-refractivity contribution in [1.29, 1.82) is 0 Å². The van der Waals surface area contributed by atoms with Crippen LogP contribution in [0.25, 0.3) is 0 Å². The van der Waals surface area contributed by atoms with E-state index in [-0.39, 0.29) is 18.1 Å². The van der Waals surface area contributed by atoms with Gasteiger partial charge in [-0.25, -0.2) is 4.98 Å². The first-order chi connectivity index (χ1) is 14.0. The van der Waals surface area contributed by atoms with Crippen LogP contribution in [0, 0.1) is 5.92 Å². The fraction of sp³-hybridized carbons (Fsp3) is 0.632. The molecule has 0 aromatic carbocycles. The molecular formula is C19H23F3N6O. The van der Waals surface area contributed by atoms with E-state index in [2.05, 4.69) is 30.2 Å². The van der Waals surface area contributed by atoms with E-state index in [0.29, 0.717) is 37.4 Å². The number of piperidine rings is 1. The number of fused-ring (bicyclic) bond motifs is 3. The van der Waals surface area contributed by atoms with E-state index in [1.807, 2.05) is 6.21 Å². The summed E-state index contributed by atoms with van der Waals surface area (Å²) in [4.78, 5) is 22.0. The Morgan fingerprint density at radius 2 is 2.07 bits per heavy atom. The molecule has 5 heterocycles. The van der Waals surface area contributed by atoms with Crippen LogP contribution in [0.2, 0.25) is 0 Å². The summed E-state index contributed by atoms with van der Waals surface area (Å²) in [5.41, 5.74) is 2.43. The van der Waals surface area contributed by atoms with Crippen molar-refractivity contribution in [3.8, 4) is 0 Å². The third-order valence-electron chi connectivity index (χ3n) is 6.76. The highest BCUT2D eigenvalue weighted by Crippen LogP contribution is 2.39. The first-order valence-electron chi connectivity index (χ1n) is 9.96. The van der Waals surface area contributed by atoms with Crippen LogP contribution < -0.4 is 10.3 Å². The molecule has 3 saturated heterocycles. The number of hydrazone groups is 1. The molecule has 5 unspecified atom stereocenters. The molecule has 4 aliphatic rings. The number of nitrogens with one attached hydrogen (secondary N) is 1. The Morgan fingerprint density at radius 1 is 1.21 bits per heavy atom. The molecule has 4 aliphatic heterocycles. The topological polar surface area (TPSA) is 64.1 Å². The number of aldehydes is 1. The Kier molecular flexibility index (Phi) is 4.50. The summed E-state index contributed by atoms with van der Waals surface area (Å²) >= 11 is 0. The van der Waals surface area contributed by atoms with Crippen molar-refractivity contribution in [3.05, 3.63) is 23.9 Å². The van der Waals surface area contributed by atoms with Gasteiger partial charge in [0.2, 0.25) is 0 Å². The zero-order valence-corrected chi connectivity index (χ0v) is 15.8. The Balaban J connectivity index is 1.38.